The molecule has 2 N–H and O–H groups in total. The van der Waals surface area contributed by atoms with Gasteiger partial charge in [0.2, 0.25) is 5.95 Å². The Labute approximate surface area is 119 Å². The average molecular weight is 280 g/mol. The van der Waals surface area contributed by atoms with Crippen LogP contribution in [0.15, 0.2) is 18.2 Å². The number of fused-ring (bicyclic) bond motifs is 1. The molecule has 0 aliphatic heterocycles. The molecule has 0 amide bonds. The summed E-state index contributed by atoms with van der Waals surface area (Å²) in [5.74, 6) is 0.525. The van der Waals surface area contributed by atoms with Crippen LogP contribution < -0.4 is 5.73 Å². The van der Waals surface area contributed by atoms with E-state index >= 15 is 0 Å². The lowest BCUT2D eigenvalue weighted by molar-refractivity contribution is 0.222. The predicted molar refractivity (Wildman–Crippen MR) is 82.5 cm³/mol. The van der Waals surface area contributed by atoms with Crippen molar-refractivity contribution >= 4 is 28.6 Å². The molecule has 4 heteroatoms. The summed E-state index contributed by atoms with van der Waals surface area (Å²) in [6, 6.07) is 5.81. The zero-order valence-electron chi connectivity index (χ0n) is 12.3. The van der Waals surface area contributed by atoms with Crippen molar-refractivity contribution in [3.05, 3.63) is 23.2 Å². The number of hydrogen-bond donors (Lipinski definition) is 1. The lowest BCUT2D eigenvalue weighted by Crippen LogP contribution is -2.32. The Kier molecular flexibility index (Phi) is 3.29. The van der Waals surface area contributed by atoms with Gasteiger partial charge in [-0.05, 0) is 37.8 Å². The maximum atomic E-state index is 6.19. The average Bonchev–Trinajstić information content (AvgIpc) is 2.52. The summed E-state index contributed by atoms with van der Waals surface area (Å²) >= 11 is 6.19. The number of para-hydroxylation sites is 1. The van der Waals surface area contributed by atoms with Crippen LogP contribution in [0.1, 0.15) is 41.0 Å². The smallest absolute Gasteiger partial charge is 0.201 e. The van der Waals surface area contributed by atoms with Crippen molar-refractivity contribution in [2.45, 2.75) is 46.6 Å². The van der Waals surface area contributed by atoms with Crippen LogP contribution in [-0.2, 0) is 5.54 Å². The van der Waals surface area contributed by atoms with Gasteiger partial charge in [0.25, 0.3) is 0 Å². The van der Waals surface area contributed by atoms with Crippen molar-refractivity contribution in [2.75, 3.05) is 5.73 Å². The second-order valence-electron chi connectivity index (χ2n) is 6.96. The van der Waals surface area contributed by atoms with Crippen LogP contribution in [0.25, 0.3) is 11.0 Å². The van der Waals surface area contributed by atoms with Gasteiger partial charge in [0.1, 0.15) is 5.52 Å². The summed E-state index contributed by atoms with van der Waals surface area (Å²) in [6.07, 6.45) is 1.00. The minimum absolute atomic E-state index is 0.109. The first-order valence-electron chi connectivity index (χ1n) is 6.55. The van der Waals surface area contributed by atoms with Gasteiger partial charge in [0.05, 0.1) is 10.5 Å². The number of aromatic nitrogens is 2. The molecule has 104 valence electrons. The fourth-order valence-corrected chi connectivity index (χ4v) is 3.31. The van der Waals surface area contributed by atoms with E-state index in [0.717, 1.165) is 17.5 Å². The van der Waals surface area contributed by atoms with Crippen LogP contribution in [0.5, 0.6) is 0 Å². The molecule has 2 rings (SSSR count). The standard InChI is InChI=1S/C15H22ClN3/c1-14(2,3)9-15(4,5)19-11-8-6-7-10(16)12(11)18-13(19)17/h6-8H,9H2,1-5H3,(H2,17,18). The zero-order valence-corrected chi connectivity index (χ0v) is 13.0. The number of halogens is 1. The normalized spacial score (nSPS) is 13.2. The maximum Gasteiger partial charge on any atom is 0.201 e. The topological polar surface area (TPSA) is 43.8 Å². The van der Waals surface area contributed by atoms with Gasteiger partial charge in [0, 0.05) is 5.54 Å². The van der Waals surface area contributed by atoms with Crippen molar-refractivity contribution < 1.29 is 0 Å². The quantitative estimate of drug-likeness (QED) is 0.883. The molecule has 2 aromatic rings. The predicted octanol–water partition coefficient (Wildman–Crippen LogP) is 4.44. The van der Waals surface area contributed by atoms with Crippen LogP contribution >= 0.6 is 11.6 Å². The van der Waals surface area contributed by atoms with Gasteiger partial charge >= 0.3 is 0 Å². The molecular weight excluding hydrogens is 258 g/mol. The van der Waals surface area contributed by atoms with E-state index in [2.05, 4.69) is 44.2 Å². The van der Waals surface area contributed by atoms with Gasteiger partial charge in [-0.15, -0.1) is 0 Å². The Balaban J connectivity index is 2.62. The van der Waals surface area contributed by atoms with Crippen LogP contribution in [0.2, 0.25) is 5.02 Å². The summed E-state index contributed by atoms with van der Waals surface area (Å²) in [5, 5.41) is 0.648. The van der Waals surface area contributed by atoms with Crippen molar-refractivity contribution in [3.8, 4) is 0 Å². The Morgan fingerprint density at radius 3 is 2.42 bits per heavy atom. The summed E-state index contributed by atoms with van der Waals surface area (Å²) < 4.78 is 2.10. The van der Waals surface area contributed by atoms with E-state index in [1.54, 1.807) is 0 Å². The van der Waals surface area contributed by atoms with E-state index < -0.39 is 0 Å². The highest BCUT2D eigenvalue weighted by molar-refractivity contribution is 6.35. The number of anilines is 1. The molecule has 0 saturated carbocycles. The lowest BCUT2D eigenvalue weighted by atomic mass is 9.81. The minimum atomic E-state index is -0.109. The summed E-state index contributed by atoms with van der Waals surface area (Å²) in [6.45, 7) is 11.1. The molecule has 0 radical (unpaired) electrons. The fraction of sp³-hybridized carbons (Fsp3) is 0.533. The Morgan fingerprint density at radius 2 is 1.84 bits per heavy atom. The van der Waals surface area contributed by atoms with Crippen LogP contribution in [0, 0.1) is 5.41 Å². The van der Waals surface area contributed by atoms with Gasteiger partial charge in [-0.2, -0.15) is 0 Å². The number of nitrogens with zero attached hydrogens (tertiary/aromatic N) is 2. The molecule has 1 aromatic heterocycles. The van der Waals surface area contributed by atoms with Gasteiger partial charge < -0.3 is 10.3 Å². The molecular formula is C15H22ClN3. The van der Waals surface area contributed by atoms with Crippen molar-refractivity contribution in [1.82, 2.24) is 9.55 Å². The molecule has 0 aliphatic carbocycles. The minimum Gasteiger partial charge on any atom is -0.369 e. The van der Waals surface area contributed by atoms with E-state index in [0.29, 0.717) is 11.0 Å². The highest BCUT2D eigenvalue weighted by Crippen LogP contribution is 2.37. The number of rotatable bonds is 2. The van der Waals surface area contributed by atoms with E-state index in [1.807, 2.05) is 18.2 Å². The molecule has 0 unspecified atom stereocenters. The summed E-state index contributed by atoms with van der Waals surface area (Å²) in [4.78, 5) is 4.42. The monoisotopic (exact) mass is 279 g/mol. The second-order valence-corrected chi connectivity index (χ2v) is 7.37. The first-order valence-corrected chi connectivity index (χ1v) is 6.92. The number of imidazole rings is 1. The molecule has 1 aromatic carbocycles. The number of nitrogen functional groups attached to an aromatic ring is 1. The largest absolute Gasteiger partial charge is 0.369 e. The Bertz CT molecular complexity index is 606. The highest BCUT2D eigenvalue weighted by Gasteiger charge is 2.30. The molecule has 1 heterocycles. The molecule has 0 bridgehead atoms. The zero-order chi connectivity index (χ0) is 14.4. The van der Waals surface area contributed by atoms with Crippen LogP contribution in [0.4, 0.5) is 5.95 Å². The van der Waals surface area contributed by atoms with Crippen LogP contribution in [-0.4, -0.2) is 9.55 Å². The van der Waals surface area contributed by atoms with E-state index in [1.165, 1.54) is 0 Å². The second kappa shape index (κ2) is 4.41. The molecule has 3 nitrogen and oxygen atoms in total. The third-order valence-electron chi connectivity index (χ3n) is 3.23. The maximum absolute atomic E-state index is 6.19. The third kappa shape index (κ3) is 2.71. The van der Waals surface area contributed by atoms with Crippen molar-refractivity contribution in [2.24, 2.45) is 5.41 Å². The van der Waals surface area contributed by atoms with Crippen LogP contribution in [0.3, 0.4) is 0 Å². The van der Waals surface area contributed by atoms with Gasteiger partial charge in [-0.3, -0.25) is 0 Å². The first kappa shape index (κ1) is 14.2. The van der Waals surface area contributed by atoms with Crippen molar-refractivity contribution in [3.63, 3.8) is 0 Å². The number of nitrogens with two attached hydrogens (primary N) is 1. The third-order valence-corrected chi connectivity index (χ3v) is 3.54. The van der Waals surface area contributed by atoms with Gasteiger partial charge in [0.15, 0.2) is 0 Å². The Hall–Kier alpha value is -1.22. The molecule has 0 aliphatic rings. The summed E-state index contributed by atoms with van der Waals surface area (Å²) in [7, 11) is 0. The number of hydrogen-bond acceptors (Lipinski definition) is 2. The molecule has 0 spiro atoms. The fourth-order valence-electron chi connectivity index (χ4n) is 3.10. The van der Waals surface area contributed by atoms with Gasteiger partial charge in [-0.25, -0.2) is 4.98 Å². The van der Waals surface area contributed by atoms with E-state index in [4.69, 9.17) is 17.3 Å². The Morgan fingerprint density at radius 1 is 1.21 bits per heavy atom. The molecule has 19 heavy (non-hydrogen) atoms. The van der Waals surface area contributed by atoms with E-state index in [-0.39, 0.29) is 11.0 Å². The van der Waals surface area contributed by atoms with E-state index in [9.17, 15) is 0 Å². The highest BCUT2D eigenvalue weighted by atomic mass is 35.5. The lowest BCUT2D eigenvalue weighted by Gasteiger charge is -2.34. The SMILES string of the molecule is CC(C)(C)CC(C)(C)n1c(N)nc2c(Cl)cccc21. The first-order chi connectivity index (χ1) is 8.62. The summed E-state index contributed by atoms with van der Waals surface area (Å²) in [5.41, 5.74) is 8.00. The molecule has 0 saturated heterocycles. The number of benzene rings is 1. The molecule has 0 fully saturated rings. The van der Waals surface area contributed by atoms with Gasteiger partial charge in [-0.1, -0.05) is 38.4 Å². The van der Waals surface area contributed by atoms with Crippen molar-refractivity contribution in [1.29, 1.82) is 0 Å². The molecule has 0 atom stereocenters.